The van der Waals surface area contributed by atoms with Gasteiger partial charge < -0.3 is 5.32 Å². The van der Waals surface area contributed by atoms with Crippen LogP contribution in [0.4, 0.5) is 5.82 Å². The number of hydrogen-bond acceptors (Lipinski definition) is 5. The highest BCUT2D eigenvalue weighted by Gasteiger charge is 2.07. The zero-order valence-electron chi connectivity index (χ0n) is 13.3. The second-order valence-electron chi connectivity index (χ2n) is 5.58. The van der Waals surface area contributed by atoms with Crippen molar-refractivity contribution in [1.29, 1.82) is 0 Å². The highest BCUT2D eigenvalue weighted by molar-refractivity contribution is 7.13. The third-order valence-electron chi connectivity index (χ3n) is 3.76. The van der Waals surface area contributed by atoms with Gasteiger partial charge in [-0.15, -0.1) is 11.3 Å². The molecule has 3 heterocycles. The maximum atomic E-state index is 4.72. The Labute approximate surface area is 144 Å². The highest BCUT2D eigenvalue weighted by atomic mass is 32.1. The number of benzene rings is 1. The van der Waals surface area contributed by atoms with E-state index in [9.17, 15) is 0 Å². The van der Waals surface area contributed by atoms with Crippen LogP contribution in [0.15, 0.2) is 54.2 Å². The molecule has 0 spiro atoms. The fourth-order valence-electron chi connectivity index (χ4n) is 2.62. The summed E-state index contributed by atoms with van der Waals surface area (Å²) in [7, 11) is 0. The maximum Gasteiger partial charge on any atom is 0.152 e. The monoisotopic (exact) mass is 335 g/mol. The number of nitrogens with one attached hydrogen (secondary N) is 1. The SMILES string of the molecule is Cc1cc2c(NCCc3csc(-c4ccccc4)n3)nccn2n1. The Hall–Kier alpha value is -2.73. The molecule has 0 radical (unpaired) electrons. The fourth-order valence-corrected chi connectivity index (χ4v) is 3.48. The van der Waals surface area contributed by atoms with Crippen molar-refractivity contribution in [1.82, 2.24) is 19.6 Å². The van der Waals surface area contributed by atoms with E-state index in [-0.39, 0.29) is 0 Å². The van der Waals surface area contributed by atoms with Crippen LogP contribution in [0, 0.1) is 6.92 Å². The van der Waals surface area contributed by atoms with E-state index in [1.165, 1.54) is 5.56 Å². The predicted octanol–water partition coefficient (Wildman–Crippen LogP) is 3.82. The lowest BCUT2D eigenvalue weighted by atomic mass is 10.2. The van der Waals surface area contributed by atoms with Gasteiger partial charge in [0.1, 0.15) is 10.5 Å². The molecule has 0 bridgehead atoms. The molecule has 0 atom stereocenters. The van der Waals surface area contributed by atoms with E-state index in [4.69, 9.17) is 4.98 Å². The first-order valence-electron chi connectivity index (χ1n) is 7.84. The Morgan fingerprint density at radius 2 is 2.08 bits per heavy atom. The van der Waals surface area contributed by atoms with Crippen molar-refractivity contribution in [2.24, 2.45) is 0 Å². The van der Waals surface area contributed by atoms with Crippen molar-refractivity contribution >= 4 is 22.7 Å². The molecule has 0 saturated heterocycles. The Morgan fingerprint density at radius 1 is 1.21 bits per heavy atom. The number of aryl methyl sites for hydroxylation is 1. The first kappa shape index (κ1) is 14.8. The van der Waals surface area contributed by atoms with E-state index in [1.54, 1.807) is 17.5 Å². The summed E-state index contributed by atoms with van der Waals surface area (Å²) in [5, 5.41) is 11.0. The second kappa shape index (κ2) is 6.41. The summed E-state index contributed by atoms with van der Waals surface area (Å²) in [6, 6.07) is 12.3. The summed E-state index contributed by atoms with van der Waals surface area (Å²) in [5.74, 6) is 0.858. The quantitative estimate of drug-likeness (QED) is 0.602. The van der Waals surface area contributed by atoms with Crippen LogP contribution in [0.2, 0.25) is 0 Å². The van der Waals surface area contributed by atoms with Gasteiger partial charge in [-0.1, -0.05) is 30.3 Å². The Balaban J connectivity index is 1.43. The minimum absolute atomic E-state index is 0.787. The van der Waals surface area contributed by atoms with Crippen LogP contribution in [0.25, 0.3) is 16.1 Å². The van der Waals surface area contributed by atoms with E-state index in [0.29, 0.717) is 0 Å². The molecule has 0 aliphatic carbocycles. The van der Waals surface area contributed by atoms with E-state index in [1.807, 2.05) is 41.9 Å². The summed E-state index contributed by atoms with van der Waals surface area (Å²) in [5.41, 5.74) is 4.25. The molecule has 0 aliphatic heterocycles. The maximum absolute atomic E-state index is 4.72. The van der Waals surface area contributed by atoms with Crippen molar-refractivity contribution in [2.45, 2.75) is 13.3 Å². The average molecular weight is 335 g/mol. The smallest absolute Gasteiger partial charge is 0.152 e. The molecule has 0 saturated carbocycles. The van der Waals surface area contributed by atoms with Crippen molar-refractivity contribution in [3.05, 3.63) is 65.6 Å². The molecule has 1 aromatic carbocycles. The molecule has 120 valence electrons. The van der Waals surface area contributed by atoms with Crippen molar-refractivity contribution in [3.63, 3.8) is 0 Å². The Morgan fingerprint density at radius 3 is 2.96 bits per heavy atom. The molecule has 1 N–H and O–H groups in total. The standard InChI is InChI=1S/C18H17N5S/c1-13-11-16-17(20-9-10-23(16)22-13)19-8-7-15-12-24-18(21-15)14-5-3-2-4-6-14/h2-6,9-12H,7-8H2,1H3,(H,19,20). The third kappa shape index (κ3) is 3.00. The van der Waals surface area contributed by atoms with E-state index in [0.717, 1.165) is 40.7 Å². The van der Waals surface area contributed by atoms with Crippen LogP contribution in [-0.2, 0) is 6.42 Å². The highest BCUT2D eigenvalue weighted by Crippen LogP contribution is 2.23. The van der Waals surface area contributed by atoms with Gasteiger partial charge >= 0.3 is 0 Å². The molecule has 0 fully saturated rings. The van der Waals surface area contributed by atoms with Gasteiger partial charge in [-0.3, -0.25) is 0 Å². The van der Waals surface area contributed by atoms with Crippen LogP contribution in [0.3, 0.4) is 0 Å². The number of hydrogen-bond donors (Lipinski definition) is 1. The number of thiazole rings is 1. The number of aromatic nitrogens is 4. The molecule has 4 aromatic rings. The molecule has 6 heteroatoms. The lowest BCUT2D eigenvalue weighted by Crippen LogP contribution is -2.07. The van der Waals surface area contributed by atoms with Gasteiger partial charge in [-0.25, -0.2) is 14.5 Å². The van der Waals surface area contributed by atoms with Gasteiger partial charge in [-0.05, 0) is 13.0 Å². The minimum atomic E-state index is 0.787. The molecule has 24 heavy (non-hydrogen) atoms. The second-order valence-corrected chi connectivity index (χ2v) is 6.44. The van der Waals surface area contributed by atoms with E-state index < -0.39 is 0 Å². The molecule has 4 rings (SSSR count). The van der Waals surface area contributed by atoms with Crippen LogP contribution in [0.1, 0.15) is 11.4 Å². The summed E-state index contributed by atoms with van der Waals surface area (Å²) >= 11 is 1.69. The first-order valence-corrected chi connectivity index (χ1v) is 8.72. The van der Waals surface area contributed by atoms with Crippen LogP contribution < -0.4 is 5.32 Å². The van der Waals surface area contributed by atoms with Crippen LogP contribution in [0.5, 0.6) is 0 Å². The lowest BCUT2D eigenvalue weighted by Gasteiger charge is -2.05. The van der Waals surface area contributed by atoms with E-state index in [2.05, 4.69) is 32.9 Å². The largest absolute Gasteiger partial charge is 0.368 e. The van der Waals surface area contributed by atoms with Gasteiger partial charge in [0.2, 0.25) is 0 Å². The number of anilines is 1. The van der Waals surface area contributed by atoms with Crippen LogP contribution in [-0.4, -0.2) is 26.1 Å². The van der Waals surface area contributed by atoms with Gasteiger partial charge in [0.05, 0.1) is 11.4 Å². The van der Waals surface area contributed by atoms with Gasteiger partial charge in [0, 0.05) is 36.3 Å². The van der Waals surface area contributed by atoms with Crippen molar-refractivity contribution in [3.8, 4) is 10.6 Å². The van der Waals surface area contributed by atoms with E-state index >= 15 is 0 Å². The first-order chi connectivity index (χ1) is 11.8. The minimum Gasteiger partial charge on any atom is -0.368 e. The molecular weight excluding hydrogens is 318 g/mol. The average Bonchev–Trinajstić information content (AvgIpc) is 3.22. The Kier molecular flexibility index (Phi) is 3.96. The van der Waals surface area contributed by atoms with Crippen LogP contribution >= 0.6 is 11.3 Å². The lowest BCUT2D eigenvalue weighted by molar-refractivity contribution is 0.914. The van der Waals surface area contributed by atoms with Crippen molar-refractivity contribution in [2.75, 3.05) is 11.9 Å². The van der Waals surface area contributed by atoms with Gasteiger partial charge in [0.15, 0.2) is 5.82 Å². The molecule has 3 aromatic heterocycles. The number of fused-ring (bicyclic) bond motifs is 1. The third-order valence-corrected chi connectivity index (χ3v) is 4.70. The molecule has 0 unspecified atom stereocenters. The molecule has 0 aliphatic rings. The number of rotatable bonds is 5. The summed E-state index contributed by atoms with van der Waals surface area (Å²) in [6.07, 6.45) is 4.48. The predicted molar refractivity (Wildman–Crippen MR) is 97.5 cm³/mol. The zero-order valence-corrected chi connectivity index (χ0v) is 14.1. The summed E-state index contributed by atoms with van der Waals surface area (Å²) in [6.45, 7) is 2.77. The topological polar surface area (TPSA) is 55.1 Å². The summed E-state index contributed by atoms with van der Waals surface area (Å²) < 4.78 is 1.85. The molecule has 0 amide bonds. The normalized spacial score (nSPS) is 11.0. The fraction of sp³-hybridized carbons (Fsp3) is 0.167. The zero-order chi connectivity index (χ0) is 16.4. The van der Waals surface area contributed by atoms with Gasteiger partial charge in [0.25, 0.3) is 0 Å². The summed E-state index contributed by atoms with van der Waals surface area (Å²) in [4.78, 5) is 9.13. The molecular formula is C18H17N5S. The Bertz CT molecular complexity index is 958. The van der Waals surface area contributed by atoms with Gasteiger partial charge in [-0.2, -0.15) is 5.10 Å². The van der Waals surface area contributed by atoms with Crippen molar-refractivity contribution < 1.29 is 0 Å². The number of nitrogens with zero attached hydrogens (tertiary/aromatic N) is 4. The molecule has 5 nitrogen and oxygen atoms in total.